The Kier molecular flexibility index (Phi) is 6.13. The lowest BCUT2D eigenvalue weighted by molar-refractivity contribution is -0.116. The summed E-state index contributed by atoms with van der Waals surface area (Å²) in [5.74, 6) is 0.816. The van der Waals surface area contributed by atoms with Gasteiger partial charge in [-0.1, -0.05) is 11.6 Å². The lowest BCUT2D eigenvalue weighted by Crippen LogP contribution is -2.27. The number of carbonyl (C=O) groups is 1. The number of nitrogens with one attached hydrogen (secondary N) is 1. The summed E-state index contributed by atoms with van der Waals surface area (Å²) in [4.78, 5) is 25.3. The number of anilines is 1. The zero-order valence-corrected chi connectivity index (χ0v) is 17.5. The highest BCUT2D eigenvalue weighted by atomic mass is 35.5. The van der Waals surface area contributed by atoms with Crippen molar-refractivity contribution in [1.82, 2.24) is 4.57 Å². The molecule has 0 aliphatic carbocycles. The summed E-state index contributed by atoms with van der Waals surface area (Å²) in [6.45, 7) is 5.60. The Labute approximate surface area is 174 Å². The first-order chi connectivity index (χ1) is 13.8. The van der Waals surface area contributed by atoms with Gasteiger partial charge in [-0.3, -0.25) is 9.59 Å². The minimum atomic E-state index is -0.341. The Bertz CT molecular complexity index is 1120. The van der Waals surface area contributed by atoms with E-state index < -0.39 is 0 Å². The molecular formula is C22H23ClN2O4. The minimum absolute atomic E-state index is 0.0463. The van der Waals surface area contributed by atoms with Gasteiger partial charge in [-0.05, 0) is 62.1 Å². The molecule has 152 valence electrons. The van der Waals surface area contributed by atoms with Crippen molar-refractivity contribution < 1.29 is 14.3 Å². The molecule has 0 atom stereocenters. The number of amides is 1. The number of hydrogen-bond acceptors (Lipinski definition) is 4. The van der Waals surface area contributed by atoms with Gasteiger partial charge in [0.05, 0.1) is 18.9 Å². The van der Waals surface area contributed by atoms with E-state index in [0.29, 0.717) is 27.6 Å². The summed E-state index contributed by atoms with van der Waals surface area (Å²) in [6, 6.07) is 10.5. The van der Waals surface area contributed by atoms with Gasteiger partial charge in [-0.2, -0.15) is 0 Å². The van der Waals surface area contributed by atoms with Crippen LogP contribution in [0.3, 0.4) is 0 Å². The van der Waals surface area contributed by atoms with E-state index in [1.165, 1.54) is 11.7 Å². The van der Waals surface area contributed by atoms with Crippen molar-refractivity contribution >= 4 is 34.0 Å². The predicted octanol–water partition coefficient (Wildman–Crippen LogP) is 4.40. The highest BCUT2D eigenvalue weighted by Gasteiger charge is 2.13. The molecule has 2 aromatic carbocycles. The molecule has 0 unspecified atom stereocenters. The highest BCUT2D eigenvalue weighted by Crippen LogP contribution is 2.31. The van der Waals surface area contributed by atoms with Crippen LogP contribution in [0.5, 0.6) is 11.5 Å². The Morgan fingerprint density at radius 1 is 1.21 bits per heavy atom. The number of aromatic nitrogens is 1. The molecular weight excluding hydrogens is 392 g/mol. The van der Waals surface area contributed by atoms with Gasteiger partial charge in [0, 0.05) is 22.7 Å². The standard InChI is InChI=1S/C22H23ClN2O4/c1-13(2)29-16-5-6-17-15(10-16)7-8-25(22(17)27)12-21(26)24-19-9-14(3)18(23)11-20(19)28-4/h5-11,13H,12H2,1-4H3,(H,24,26). The summed E-state index contributed by atoms with van der Waals surface area (Å²) in [5.41, 5.74) is 1.07. The van der Waals surface area contributed by atoms with Gasteiger partial charge < -0.3 is 19.4 Å². The monoisotopic (exact) mass is 414 g/mol. The Morgan fingerprint density at radius 3 is 2.66 bits per heavy atom. The third-order valence-electron chi connectivity index (χ3n) is 4.39. The molecule has 3 rings (SSSR count). The number of nitrogens with zero attached hydrogens (tertiary/aromatic N) is 1. The smallest absolute Gasteiger partial charge is 0.258 e. The number of methoxy groups -OCH3 is 1. The van der Waals surface area contributed by atoms with E-state index in [0.717, 1.165) is 10.9 Å². The van der Waals surface area contributed by atoms with Crippen molar-refractivity contribution in [3.05, 3.63) is 63.5 Å². The molecule has 29 heavy (non-hydrogen) atoms. The van der Waals surface area contributed by atoms with E-state index in [4.69, 9.17) is 21.1 Å². The summed E-state index contributed by atoms with van der Waals surface area (Å²) < 4.78 is 12.3. The first-order valence-electron chi connectivity index (χ1n) is 9.22. The molecule has 1 aromatic heterocycles. The fraction of sp³-hybridized carbons (Fsp3) is 0.273. The second-order valence-corrected chi connectivity index (χ2v) is 7.42. The zero-order valence-electron chi connectivity index (χ0n) is 16.8. The van der Waals surface area contributed by atoms with Crippen LogP contribution >= 0.6 is 11.6 Å². The third-order valence-corrected chi connectivity index (χ3v) is 4.80. The molecule has 3 aromatic rings. The van der Waals surface area contributed by atoms with Crippen LogP contribution in [0.15, 0.2) is 47.4 Å². The van der Waals surface area contributed by atoms with Gasteiger partial charge in [0.25, 0.3) is 5.56 Å². The molecule has 0 saturated carbocycles. The average Bonchev–Trinajstić information content (AvgIpc) is 2.66. The Balaban J connectivity index is 1.83. The molecule has 6 nitrogen and oxygen atoms in total. The number of pyridine rings is 1. The maximum atomic E-state index is 12.8. The van der Waals surface area contributed by atoms with E-state index in [1.54, 1.807) is 36.5 Å². The number of aryl methyl sites for hydroxylation is 1. The molecule has 0 fully saturated rings. The summed E-state index contributed by atoms with van der Waals surface area (Å²) in [5, 5.41) is 4.62. The van der Waals surface area contributed by atoms with Crippen molar-refractivity contribution in [3.63, 3.8) is 0 Å². The van der Waals surface area contributed by atoms with Crippen LogP contribution in [-0.4, -0.2) is 23.7 Å². The molecule has 0 saturated heterocycles. The molecule has 7 heteroatoms. The second-order valence-electron chi connectivity index (χ2n) is 7.01. The number of rotatable bonds is 6. The van der Waals surface area contributed by atoms with E-state index >= 15 is 0 Å². The van der Waals surface area contributed by atoms with Crippen LogP contribution in [-0.2, 0) is 11.3 Å². The number of ether oxygens (including phenoxy) is 2. The largest absolute Gasteiger partial charge is 0.495 e. The van der Waals surface area contributed by atoms with Crippen molar-refractivity contribution in [2.75, 3.05) is 12.4 Å². The molecule has 0 bridgehead atoms. The molecule has 0 spiro atoms. The lowest BCUT2D eigenvalue weighted by Gasteiger charge is -2.13. The number of hydrogen-bond donors (Lipinski definition) is 1. The van der Waals surface area contributed by atoms with Crippen molar-refractivity contribution in [2.24, 2.45) is 0 Å². The molecule has 0 aliphatic heterocycles. The Hall–Kier alpha value is -2.99. The molecule has 1 N–H and O–H groups in total. The molecule has 1 amide bonds. The van der Waals surface area contributed by atoms with Crippen molar-refractivity contribution in [1.29, 1.82) is 0 Å². The van der Waals surface area contributed by atoms with Gasteiger partial charge in [0.15, 0.2) is 0 Å². The van der Waals surface area contributed by atoms with Crippen LogP contribution in [0.1, 0.15) is 19.4 Å². The SMILES string of the molecule is COc1cc(Cl)c(C)cc1NC(=O)Cn1ccc2cc(OC(C)C)ccc2c1=O. The molecule has 1 heterocycles. The molecule has 0 radical (unpaired) electrons. The normalized spacial score (nSPS) is 11.0. The van der Waals surface area contributed by atoms with Gasteiger partial charge in [0.2, 0.25) is 5.91 Å². The predicted molar refractivity (Wildman–Crippen MR) is 115 cm³/mol. The van der Waals surface area contributed by atoms with E-state index in [9.17, 15) is 9.59 Å². The van der Waals surface area contributed by atoms with Crippen LogP contribution in [0.2, 0.25) is 5.02 Å². The van der Waals surface area contributed by atoms with Gasteiger partial charge in [-0.25, -0.2) is 0 Å². The fourth-order valence-electron chi connectivity index (χ4n) is 3.01. The van der Waals surface area contributed by atoms with E-state index in [1.807, 2.05) is 26.8 Å². The number of carbonyl (C=O) groups excluding carboxylic acids is 1. The second kappa shape index (κ2) is 8.57. The number of benzene rings is 2. The highest BCUT2D eigenvalue weighted by molar-refractivity contribution is 6.31. The summed E-state index contributed by atoms with van der Waals surface area (Å²) >= 11 is 6.10. The van der Waals surface area contributed by atoms with Gasteiger partial charge in [0.1, 0.15) is 18.0 Å². The third kappa shape index (κ3) is 4.71. The average molecular weight is 415 g/mol. The van der Waals surface area contributed by atoms with E-state index in [2.05, 4.69) is 5.32 Å². The van der Waals surface area contributed by atoms with E-state index in [-0.39, 0.29) is 24.1 Å². The van der Waals surface area contributed by atoms with Crippen molar-refractivity contribution in [2.45, 2.75) is 33.4 Å². The van der Waals surface area contributed by atoms with Gasteiger partial charge in [-0.15, -0.1) is 0 Å². The maximum Gasteiger partial charge on any atom is 0.258 e. The van der Waals surface area contributed by atoms with Crippen LogP contribution < -0.4 is 20.3 Å². The maximum absolute atomic E-state index is 12.8. The zero-order chi connectivity index (χ0) is 21.1. The quantitative estimate of drug-likeness (QED) is 0.649. The van der Waals surface area contributed by atoms with Crippen LogP contribution in [0.25, 0.3) is 10.8 Å². The molecule has 0 aliphatic rings. The van der Waals surface area contributed by atoms with Crippen LogP contribution in [0.4, 0.5) is 5.69 Å². The Morgan fingerprint density at radius 2 is 1.97 bits per heavy atom. The first-order valence-corrected chi connectivity index (χ1v) is 9.60. The fourth-order valence-corrected chi connectivity index (χ4v) is 3.16. The topological polar surface area (TPSA) is 69.6 Å². The van der Waals surface area contributed by atoms with Crippen molar-refractivity contribution in [3.8, 4) is 11.5 Å². The number of fused-ring (bicyclic) bond motifs is 1. The summed E-state index contributed by atoms with van der Waals surface area (Å²) in [6.07, 6.45) is 1.65. The van der Waals surface area contributed by atoms with Gasteiger partial charge >= 0.3 is 0 Å². The van der Waals surface area contributed by atoms with Crippen LogP contribution in [0, 0.1) is 6.92 Å². The summed E-state index contributed by atoms with van der Waals surface area (Å²) in [7, 11) is 1.50. The lowest BCUT2D eigenvalue weighted by atomic mass is 10.1. The first kappa shape index (κ1) is 20.7. The number of halogens is 1. The minimum Gasteiger partial charge on any atom is -0.495 e.